The Kier molecular flexibility index (Phi) is 6.73. The topological polar surface area (TPSA) is 119 Å². The van der Waals surface area contributed by atoms with Crippen molar-refractivity contribution in [2.24, 2.45) is 11.8 Å². The Labute approximate surface area is 145 Å². The number of hydrogen-bond acceptors (Lipinski definition) is 5. The molecular formula is C17H22N2O6. The zero-order valence-electron chi connectivity index (χ0n) is 13.8. The molecule has 1 aliphatic carbocycles. The molecule has 0 bridgehead atoms. The van der Waals surface area contributed by atoms with Gasteiger partial charge in [0.25, 0.3) is 11.0 Å². The number of carboxylic acids is 1. The Morgan fingerprint density at radius 2 is 1.96 bits per heavy atom. The van der Waals surface area contributed by atoms with Gasteiger partial charge in [0.2, 0.25) is 0 Å². The number of carboxylic acid groups (broad SMARTS) is 1. The zero-order valence-corrected chi connectivity index (χ0v) is 13.8. The molecule has 136 valence electrons. The molecule has 0 saturated heterocycles. The molecule has 1 aromatic carbocycles. The molecule has 1 unspecified atom stereocenters. The second kappa shape index (κ2) is 9.00. The first-order valence-electron chi connectivity index (χ1n) is 8.35. The van der Waals surface area contributed by atoms with Crippen LogP contribution in [0.5, 0.6) is 0 Å². The minimum absolute atomic E-state index is 0.0449. The summed E-state index contributed by atoms with van der Waals surface area (Å²) in [7, 11) is 0. The molecule has 2 N–H and O–H groups in total. The summed E-state index contributed by atoms with van der Waals surface area (Å²) in [6.07, 6.45) is 4.88. The quantitative estimate of drug-likeness (QED) is 0.549. The minimum Gasteiger partial charge on any atom is -0.481 e. The standard InChI is InChI=1S/C17H22N2O6/c20-16(14-9-5-4-8-13(14)11-25-19(23)24)18-10-15(17(21)22)12-6-2-1-3-7-12/h4-5,8-9,12,15H,1-3,6-7,10-11H2,(H,18,20)(H,21,22). The van der Waals surface area contributed by atoms with E-state index >= 15 is 0 Å². The minimum atomic E-state index is -0.918. The van der Waals surface area contributed by atoms with E-state index in [1.165, 1.54) is 6.07 Å². The Balaban J connectivity index is 2.00. The van der Waals surface area contributed by atoms with E-state index in [9.17, 15) is 24.8 Å². The van der Waals surface area contributed by atoms with Crippen molar-refractivity contribution in [2.45, 2.75) is 38.7 Å². The number of benzene rings is 1. The third-order valence-corrected chi connectivity index (χ3v) is 4.61. The van der Waals surface area contributed by atoms with Gasteiger partial charge in [-0.25, -0.2) is 0 Å². The van der Waals surface area contributed by atoms with Gasteiger partial charge in [0.15, 0.2) is 0 Å². The van der Waals surface area contributed by atoms with Crippen molar-refractivity contribution in [1.29, 1.82) is 0 Å². The monoisotopic (exact) mass is 350 g/mol. The van der Waals surface area contributed by atoms with Crippen LogP contribution in [0, 0.1) is 22.0 Å². The average molecular weight is 350 g/mol. The van der Waals surface area contributed by atoms with Gasteiger partial charge in [-0.2, -0.15) is 0 Å². The van der Waals surface area contributed by atoms with Crippen LogP contribution in [-0.2, 0) is 16.2 Å². The van der Waals surface area contributed by atoms with Crippen molar-refractivity contribution in [3.05, 3.63) is 45.5 Å². The molecule has 0 heterocycles. The number of rotatable bonds is 8. The Bertz CT molecular complexity index is 627. The molecule has 8 heteroatoms. The zero-order chi connectivity index (χ0) is 18.2. The summed E-state index contributed by atoms with van der Waals surface area (Å²) in [6, 6.07) is 6.39. The van der Waals surface area contributed by atoms with Crippen molar-refractivity contribution in [3.8, 4) is 0 Å². The number of carbonyl (C=O) groups is 2. The fourth-order valence-corrected chi connectivity index (χ4v) is 3.28. The maximum absolute atomic E-state index is 12.4. The number of nitrogens with zero attached hydrogens (tertiary/aromatic N) is 1. The summed E-state index contributed by atoms with van der Waals surface area (Å²) >= 11 is 0. The first kappa shape index (κ1) is 18.7. The van der Waals surface area contributed by atoms with Crippen molar-refractivity contribution >= 4 is 11.9 Å². The van der Waals surface area contributed by atoms with Crippen LogP contribution in [0.3, 0.4) is 0 Å². The Morgan fingerprint density at radius 1 is 1.28 bits per heavy atom. The van der Waals surface area contributed by atoms with Crippen LogP contribution in [0.4, 0.5) is 0 Å². The lowest BCUT2D eigenvalue weighted by Gasteiger charge is -2.27. The fourth-order valence-electron chi connectivity index (χ4n) is 3.28. The largest absolute Gasteiger partial charge is 0.481 e. The van der Waals surface area contributed by atoms with Gasteiger partial charge in [0.1, 0.15) is 6.61 Å². The number of hydrogen-bond donors (Lipinski definition) is 2. The predicted molar refractivity (Wildman–Crippen MR) is 88.3 cm³/mol. The predicted octanol–water partition coefficient (Wildman–Crippen LogP) is 2.41. The van der Waals surface area contributed by atoms with E-state index in [4.69, 9.17) is 0 Å². The van der Waals surface area contributed by atoms with E-state index in [1.807, 2.05) is 0 Å². The second-order valence-corrected chi connectivity index (χ2v) is 6.21. The maximum atomic E-state index is 12.4. The van der Waals surface area contributed by atoms with Crippen LogP contribution in [-0.4, -0.2) is 28.6 Å². The fraction of sp³-hybridized carbons (Fsp3) is 0.529. The third-order valence-electron chi connectivity index (χ3n) is 4.61. The molecule has 1 saturated carbocycles. The summed E-state index contributed by atoms with van der Waals surface area (Å²) in [5.41, 5.74) is 0.623. The first-order chi connectivity index (χ1) is 12.0. The second-order valence-electron chi connectivity index (χ2n) is 6.21. The molecule has 0 aromatic heterocycles. The first-order valence-corrected chi connectivity index (χ1v) is 8.35. The van der Waals surface area contributed by atoms with Crippen LogP contribution < -0.4 is 5.32 Å². The maximum Gasteiger partial charge on any atom is 0.308 e. The van der Waals surface area contributed by atoms with Crippen molar-refractivity contribution in [3.63, 3.8) is 0 Å². The van der Waals surface area contributed by atoms with Gasteiger partial charge in [-0.1, -0.05) is 37.5 Å². The molecule has 0 radical (unpaired) electrons. The highest BCUT2D eigenvalue weighted by Crippen LogP contribution is 2.30. The SMILES string of the molecule is O=C(NCC(C(=O)O)C1CCCCC1)c1ccccc1CO[N+](=O)[O-]. The number of nitrogens with one attached hydrogen (secondary N) is 1. The summed E-state index contributed by atoms with van der Waals surface area (Å²) < 4.78 is 0. The highest BCUT2D eigenvalue weighted by molar-refractivity contribution is 5.95. The molecule has 25 heavy (non-hydrogen) atoms. The van der Waals surface area contributed by atoms with E-state index in [2.05, 4.69) is 10.2 Å². The van der Waals surface area contributed by atoms with Gasteiger partial charge in [-0.15, -0.1) is 10.1 Å². The van der Waals surface area contributed by atoms with Gasteiger partial charge < -0.3 is 15.3 Å². The molecule has 1 aromatic rings. The van der Waals surface area contributed by atoms with Crippen molar-refractivity contribution in [1.82, 2.24) is 5.32 Å². The summed E-state index contributed by atoms with van der Waals surface area (Å²) in [4.78, 5) is 38.6. The number of aliphatic carboxylic acids is 1. The van der Waals surface area contributed by atoms with Gasteiger partial charge in [0, 0.05) is 12.1 Å². The van der Waals surface area contributed by atoms with Crippen molar-refractivity contribution < 1.29 is 24.6 Å². The number of amides is 1. The molecular weight excluding hydrogens is 328 g/mol. The lowest BCUT2D eigenvalue weighted by atomic mass is 9.80. The lowest BCUT2D eigenvalue weighted by molar-refractivity contribution is -0.763. The summed E-state index contributed by atoms with van der Waals surface area (Å²) in [6.45, 7) is -0.287. The van der Waals surface area contributed by atoms with E-state index in [-0.39, 0.29) is 24.6 Å². The Hall–Kier alpha value is -2.64. The van der Waals surface area contributed by atoms with Gasteiger partial charge in [-0.05, 0) is 30.4 Å². The van der Waals surface area contributed by atoms with Gasteiger partial charge in [-0.3, -0.25) is 9.59 Å². The highest BCUT2D eigenvalue weighted by Gasteiger charge is 2.29. The molecule has 1 aliphatic rings. The average Bonchev–Trinajstić information content (AvgIpc) is 2.61. The van der Waals surface area contributed by atoms with Crippen LogP contribution in [0.25, 0.3) is 0 Å². The summed E-state index contributed by atoms with van der Waals surface area (Å²) in [5, 5.41) is 21.5. The van der Waals surface area contributed by atoms with Crippen LogP contribution >= 0.6 is 0 Å². The normalized spacial score (nSPS) is 16.0. The molecule has 0 spiro atoms. The Morgan fingerprint density at radius 3 is 2.60 bits per heavy atom. The highest BCUT2D eigenvalue weighted by atomic mass is 16.9. The molecule has 2 rings (SSSR count). The van der Waals surface area contributed by atoms with E-state index in [1.54, 1.807) is 18.2 Å². The van der Waals surface area contributed by atoms with Crippen LogP contribution in [0.15, 0.2) is 24.3 Å². The molecule has 0 aliphatic heterocycles. The number of carbonyl (C=O) groups excluding carboxylic acids is 1. The third kappa shape index (κ3) is 5.44. The summed E-state index contributed by atoms with van der Waals surface area (Å²) in [5.74, 6) is -1.91. The molecule has 1 fully saturated rings. The van der Waals surface area contributed by atoms with E-state index < -0.39 is 22.9 Å². The molecule has 1 amide bonds. The molecule has 8 nitrogen and oxygen atoms in total. The van der Waals surface area contributed by atoms with Crippen molar-refractivity contribution in [2.75, 3.05) is 6.54 Å². The van der Waals surface area contributed by atoms with Crippen LogP contribution in [0.2, 0.25) is 0 Å². The van der Waals surface area contributed by atoms with E-state index in [0.29, 0.717) is 5.56 Å². The van der Waals surface area contributed by atoms with Gasteiger partial charge >= 0.3 is 5.97 Å². The van der Waals surface area contributed by atoms with E-state index in [0.717, 1.165) is 32.1 Å². The molecule has 1 atom stereocenters. The van der Waals surface area contributed by atoms with Gasteiger partial charge in [0.05, 0.1) is 5.92 Å². The smallest absolute Gasteiger partial charge is 0.308 e. The van der Waals surface area contributed by atoms with Crippen LogP contribution in [0.1, 0.15) is 48.0 Å². The lowest BCUT2D eigenvalue weighted by Crippen LogP contribution is -2.38.